The van der Waals surface area contributed by atoms with E-state index in [9.17, 15) is 0 Å². The van der Waals surface area contributed by atoms with Gasteiger partial charge in [-0.15, -0.1) is 0 Å². The fourth-order valence-corrected chi connectivity index (χ4v) is 1.67. The highest BCUT2D eigenvalue weighted by Gasteiger charge is 2.13. The summed E-state index contributed by atoms with van der Waals surface area (Å²) < 4.78 is 0. The van der Waals surface area contributed by atoms with Crippen LogP contribution >= 0.6 is 0 Å². The summed E-state index contributed by atoms with van der Waals surface area (Å²) in [6.45, 7) is 10.4. The summed E-state index contributed by atoms with van der Waals surface area (Å²) in [6.07, 6.45) is 3.97. The molecule has 2 N–H and O–H groups in total. The van der Waals surface area contributed by atoms with E-state index in [1.54, 1.807) is 0 Å². The summed E-state index contributed by atoms with van der Waals surface area (Å²) in [4.78, 5) is 0. The lowest BCUT2D eigenvalue weighted by Gasteiger charge is -2.19. The lowest BCUT2D eigenvalue weighted by Crippen LogP contribution is -2.35. The SMILES string of the molecule is CC(C)(C)CCNCC1CCCN1. The first-order chi connectivity index (χ1) is 6.08. The molecule has 13 heavy (non-hydrogen) atoms. The third kappa shape index (κ3) is 5.27. The van der Waals surface area contributed by atoms with E-state index in [-0.39, 0.29) is 0 Å². The summed E-state index contributed by atoms with van der Waals surface area (Å²) in [5, 5.41) is 7.01. The highest BCUT2D eigenvalue weighted by molar-refractivity contribution is 4.76. The molecule has 0 spiro atoms. The van der Waals surface area contributed by atoms with Crippen LogP contribution in [0.25, 0.3) is 0 Å². The maximum Gasteiger partial charge on any atom is 0.0192 e. The van der Waals surface area contributed by atoms with Crippen molar-refractivity contribution in [3.8, 4) is 0 Å². The second kappa shape index (κ2) is 4.97. The average Bonchev–Trinajstić information content (AvgIpc) is 2.48. The van der Waals surface area contributed by atoms with E-state index in [2.05, 4.69) is 31.4 Å². The van der Waals surface area contributed by atoms with Crippen LogP contribution in [0.15, 0.2) is 0 Å². The Morgan fingerprint density at radius 2 is 2.15 bits per heavy atom. The zero-order valence-electron chi connectivity index (χ0n) is 9.32. The van der Waals surface area contributed by atoms with Gasteiger partial charge < -0.3 is 10.6 Å². The summed E-state index contributed by atoms with van der Waals surface area (Å²) in [6, 6.07) is 0.736. The van der Waals surface area contributed by atoms with Crippen LogP contribution in [0.2, 0.25) is 0 Å². The van der Waals surface area contributed by atoms with Gasteiger partial charge in [0.25, 0.3) is 0 Å². The lowest BCUT2D eigenvalue weighted by atomic mass is 9.92. The van der Waals surface area contributed by atoms with Gasteiger partial charge in [0.1, 0.15) is 0 Å². The van der Waals surface area contributed by atoms with Gasteiger partial charge in [-0.3, -0.25) is 0 Å². The maximum atomic E-state index is 3.52. The van der Waals surface area contributed by atoms with Gasteiger partial charge in [-0.1, -0.05) is 20.8 Å². The quantitative estimate of drug-likeness (QED) is 0.651. The first kappa shape index (κ1) is 11.0. The largest absolute Gasteiger partial charge is 0.315 e. The summed E-state index contributed by atoms with van der Waals surface area (Å²) >= 11 is 0. The molecule has 0 saturated carbocycles. The Hall–Kier alpha value is -0.0800. The molecule has 1 unspecified atom stereocenters. The van der Waals surface area contributed by atoms with E-state index >= 15 is 0 Å². The second-order valence-electron chi connectivity index (χ2n) is 5.31. The molecule has 1 fully saturated rings. The number of nitrogens with one attached hydrogen (secondary N) is 2. The monoisotopic (exact) mass is 184 g/mol. The van der Waals surface area contributed by atoms with Gasteiger partial charge >= 0.3 is 0 Å². The minimum atomic E-state index is 0.468. The normalized spacial score (nSPS) is 23.8. The van der Waals surface area contributed by atoms with Crippen LogP contribution in [0.5, 0.6) is 0 Å². The fraction of sp³-hybridized carbons (Fsp3) is 1.00. The van der Waals surface area contributed by atoms with Gasteiger partial charge in [-0.25, -0.2) is 0 Å². The summed E-state index contributed by atoms with van der Waals surface area (Å²) in [5.74, 6) is 0. The zero-order chi connectivity index (χ0) is 9.73. The first-order valence-corrected chi connectivity index (χ1v) is 5.52. The van der Waals surface area contributed by atoms with Crippen molar-refractivity contribution in [2.24, 2.45) is 5.41 Å². The van der Waals surface area contributed by atoms with Crippen molar-refractivity contribution in [1.29, 1.82) is 0 Å². The predicted octanol–water partition coefficient (Wildman–Crippen LogP) is 1.76. The Labute approximate surface area is 82.5 Å². The molecule has 1 heterocycles. The van der Waals surface area contributed by atoms with Gasteiger partial charge in [-0.05, 0) is 37.8 Å². The smallest absolute Gasteiger partial charge is 0.0192 e. The highest BCUT2D eigenvalue weighted by Crippen LogP contribution is 2.16. The van der Waals surface area contributed by atoms with Crippen molar-refractivity contribution >= 4 is 0 Å². The predicted molar refractivity (Wildman–Crippen MR) is 58.0 cm³/mol. The van der Waals surface area contributed by atoms with E-state index in [0.717, 1.165) is 19.1 Å². The van der Waals surface area contributed by atoms with Crippen molar-refractivity contribution in [1.82, 2.24) is 10.6 Å². The lowest BCUT2D eigenvalue weighted by molar-refractivity contribution is 0.362. The van der Waals surface area contributed by atoms with Crippen molar-refractivity contribution < 1.29 is 0 Å². The third-order valence-electron chi connectivity index (χ3n) is 2.60. The Morgan fingerprint density at radius 3 is 2.69 bits per heavy atom. The highest BCUT2D eigenvalue weighted by atomic mass is 15.0. The minimum absolute atomic E-state index is 0.468. The van der Waals surface area contributed by atoms with E-state index in [1.807, 2.05) is 0 Å². The molecule has 0 aliphatic carbocycles. The van der Waals surface area contributed by atoms with Gasteiger partial charge in [0.2, 0.25) is 0 Å². The molecule has 0 aromatic carbocycles. The van der Waals surface area contributed by atoms with Crippen LogP contribution in [0.3, 0.4) is 0 Å². The minimum Gasteiger partial charge on any atom is -0.315 e. The van der Waals surface area contributed by atoms with E-state index in [4.69, 9.17) is 0 Å². The van der Waals surface area contributed by atoms with Crippen LogP contribution in [0.4, 0.5) is 0 Å². The number of rotatable bonds is 4. The molecular weight excluding hydrogens is 160 g/mol. The molecular formula is C11H24N2. The maximum absolute atomic E-state index is 3.52. The van der Waals surface area contributed by atoms with Crippen LogP contribution in [-0.2, 0) is 0 Å². The molecule has 0 amide bonds. The van der Waals surface area contributed by atoms with Gasteiger partial charge in [-0.2, -0.15) is 0 Å². The van der Waals surface area contributed by atoms with E-state index in [1.165, 1.54) is 25.8 Å². The van der Waals surface area contributed by atoms with Crippen LogP contribution in [0, 0.1) is 5.41 Å². The molecule has 0 aromatic heterocycles. The van der Waals surface area contributed by atoms with Gasteiger partial charge in [0.05, 0.1) is 0 Å². The Balaban J connectivity index is 1.94. The van der Waals surface area contributed by atoms with Gasteiger partial charge in [0, 0.05) is 12.6 Å². The van der Waals surface area contributed by atoms with Crippen LogP contribution in [-0.4, -0.2) is 25.7 Å². The Bertz CT molecular complexity index is 132. The molecule has 78 valence electrons. The average molecular weight is 184 g/mol. The molecule has 1 aliphatic rings. The van der Waals surface area contributed by atoms with Crippen molar-refractivity contribution in [3.05, 3.63) is 0 Å². The molecule has 1 saturated heterocycles. The van der Waals surface area contributed by atoms with Crippen LogP contribution in [0.1, 0.15) is 40.0 Å². The van der Waals surface area contributed by atoms with Crippen molar-refractivity contribution in [2.45, 2.75) is 46.1 Å². The van der Waals surface area contributed by atoms with Crippen molar-refractivity contribution in [3.63, 3.8) is 0 Å². The molecule has 1 rings (SSSR count). The summed E-state index contributed by atoms with van der Waals surface area (Å²) in [5.41, 5.74) is 0.468. The molecule has 1 atom stereocenters. The standard InChI is InChI=1S/C11H24N2/c1-11(2,3)6-8-12-9-10-5-4-7-13-10/h10,12-13H,4-9H2,1-3H3. The number of hydrogen-bond donors (Lipinski definition) is 2. The molecule has 2 nitrogen and oxygen atoms in total. The topological polar surface area (TPSA) is 24.1 Å². The Morgan fingerprint density at radius 1 is 1.38 bits per heavy atom. The van der Waals surface area contributed by atoms with E-state index in [0.29, 0.717) is 5.41 Å². The molecule has 0 aromatic rings. The molecule has 1 aliphatic heterocycles. The number of hydrogen-bond acceptors (Lipinski definition) is 2. The summed E-state index contributed by atoms with van der Waals surface area (Å²) in [7, 11) is 0. The van der Waals surface area contributed by atoms with Gasteiger partial charge in [0.15, 0.2) is 0 Å². The van der Waals surface area contributed by atoms with Crippen LogP contribution < -0.4 is 10.6 Å². The Kier molecular flexibility index (Phi) is 4.20. The molecule has 0 bridgehead atoms. The fourth-order valence-electron chi connectivity index (χ4n) is 1.67. The van der Waals surface area contributed by atoms with E-state index < -0.39 is 0 Å². The zero-order valence-corrected chi connectivity index (χ0v) is 9.32. The second-order valence-corrected chi connectivity index (χ2v) is 5.31. The molecule has 2 heteroatoms. The first-order valence-electron chi connectivity index (χ1n) is 5.52. The van der Waals surface area contributed by atoms with Crippen molar-refractivity contribution in [2.75, 3.05) is 19.6 Å². The molecule has 0 radical (unpaired) electrons. The third-order valence-corrected chi connectivity index (χ3v) is 2.60.